The topological polar surface area (TPSA) is 69.7 Å². The lowest BCUT2D eigenvalue weighted by molar-refractivity contribution is -0.132. The summed E-state index contributed by atoms with van der Waals surface area (Å²) in [5.74, 6) is 0.149. The number of hydrogen-bond acceptors (Lipinski definition) is 5. The van der Waals surface area contributed by atoms with Crippen molar-refractivity contribution >= 4 is 120 Å². The van der Waals surface area contributed by atoms with Crippen LogP contribution in [-0.2, 0) is 9.59 Å². The average Bonchev–Trinajstić information content (AvgIpc) is 2.62. The molecule has 0 fully saturated rings. The Morgan fingerprint density at radius 1 is 0.788 bits per heavy atom. The number of carbonyl (C=O) groups is 3. The van der Waals surface area contributed by atoms with Crippen molar-refractivity contribution < 1.29 is 23.9 Å². The van der Waals surface area contributed by atoms with Crippen molar-refractivity contribution in [2.75, 3.05) is 0 Å². The molecule has 0 aliphatic heterocycles. The molecule has 2 aromatic carbocycles. The number of carbonyl (C=O) groups excluding carboxylic acids is 3. The molecule has 0 heterocycles. The second kappa shape index (κ2) is 16.4. The Morgan fingerprint density at radius 2 is 1.15 bits per heavy atom. The molecule has 0 spiro atoms. The molecule has 0 aliphatic carbocycles. The van der Waals surface area contributed by atoms with Crippen LogP contribution in [0, 0.1) is 13.8 Å². The van der Waals surface area contributed by atoms with Crippen molar-refractivity contribution in [1.82, 2.24) is 0 Å². The summed E-state index contributed by atoms with van der Waals surface area (Å²) in [6.45, 7) is 6.50. The molecule has 33 heavy (non-hydrogen) atoms. The third kappa shape index (κ3) is 17.7. The summed E-state index contributed by atoms with van der Waals surface area (Å²) in [6.07, 6.45) is 2.50. The molecule has 180 valence electrons. The first-order chi connectivity index (χ1) is 15.1. The zero-order valence-corrected chi connectivity index (χ0v) is 27.4. The van der Waals surface area contributed by atoms with E-state index in [1.54, 1.807) is 18.2 Å². The van der Waals surface area contributed by atoms with E-state index in [0.717, 1.165) is 20.1 Å². The average molecular weight is 844 g/mol. The van der Waals surface area contributed by atoms with Crippen LogP contribution < -0.4 is 9.47 Å². The third-order valence-corrected chi connectivity index (χ3v) is 3.69. The van der Waals surface area contributed by atoms with Crippen LogP contribution in [0.4, 0.5) is 0 Å². The molecule has 11 heteroatoms. The number of rotatable bonds is 4. The lowest BCUT2D eigenvalue weighted by Crippen LogP contribution is -2.03. The van der Waals surface area contributed by atoms with Gasteiger partial charge in [0.1, 0.15) is 11.5 Å². The number of halogens is 6. The first kappa shape index (κ1) is 32.7. The van der Waals surface area contributed by atoms with E-state index in [1.165, 1.54) is 13.8 Å². The van der Waals surface area contributed by atoms with Gasteiger partial charge < -0.3 is 9.47 Å². The Morgan fingerprint density at radius 3 is 1.48 bits per heavy atom. The summed E-state index contributed by atoms with van der Waals surface area (Å²) in [5.41, 5.74) is 3.23. The van der Waals surface area contributed by atoms with Gasteiger partial charge in [-0.1, -0.05) is 18.2 Å². The molecule has 0 N–H and O–H groups in total. The van der Waals surface area contributed by atoms with Gasteiger partial charge in [0.05, 0.1) is 8.96 Å². The molecule has 0 aromatic heterocycles. The van der Waals surface area contributed by atoms with E-state index in [2.05, 4.69) is 95.6 Å². The number of aldehydes is 1. The first-order valence-corrected chi connectivity index (χ1v) is 13.7. The number of hydrogen-bond donors (Lipinski definition) is 0. The predicted molar refractivity (Wildman–Crippen MR) is 155 cm³/mol. The zero-order chi connectivity index (χ0) is 25.8. The molecular weight excluding hydrogens is 824 g/mol. The van der Waals surface area contributed by atoms with Crippen molar-refractivity contribution in [2.24, 2.45) is 0 Å². The highest BCUT2D eigenvalue weighted by Crippen LogP contribution is 2.39. The number of alkyl halides is 4. The van der Waals surface area contributed by atoms with E-state index in [-0.39, 0.29) is 7.02 Å². The number of esters is 2. The minimum absolute atomic E-state index is 0.250. The normalized spacial score (nSPS) is 9.88. The molecule has 0 saturated carbocycles. The standard InChI is InChI=1S/C11H10Br2O2.C10H10O3.CBr4/c1-7-3-4-9(6-11(12)13)10(5-7)15-8(2)14;1-7-3-4-9(6-11)10(5-7)13-8(2)12;2-1(3,4)5/h3-6H,1-2H3;3-6H,1-2H3;. The number of benzene rings is 2. The van der Waals surface area contributed by atoms with Crippen molar-refractivity contribution in [3.8, 4) is 11.5 Å². The molecule has 0 radical (unpaired) electrons. The van der Waals surface area contributed by atoms with Crippen LogP contribution in [0.3, 0.4) is 0 Å². The lowest BCUT2D eigenvalue weighted by Gasteiger charge is -2.06. The van der Waals surface area contributed by atoms with E-state index in [0.29, 0.717) is 23.3 Å². The quantitative estimate of drug-likeness (QED) is 0.133. The van der Waals surface area contributed by atoms with Gasteiger partial charge in [0.2, 0.25) is 0 Å². The fourth-order valence-corrected chi connectivity index (χ4v) is 2.60. The monoisotopic (exact) mass is 838 g/mol. The van der Waals surface area contributed by atoms with Crippen molar-refractivity contribution in [3.05, 3.63) is 62.0 Å². The molecule has 2 rings (SSSR count). The SMILES string of the molecule is BrC(Br)(Br)Br.CC(=O)Oc1cc(C)ccc1C=C(Br)Br.CC(=O)Oc1cc(C)ccc1C=O. The Labute approximate surface area is 243 Å². The second-order valence-corrected chi connectivity index (χ2v) is 20.2. The largest absolute Gasteiger partial charge is 0.426 e. The van der Waals surface area contributed by atoms with Gasteiger partial charge in [-0.3, -0.25) is 14.4 Å². The molecule has 0 bridgehead atoms. The molecule has 0 saturated heterocycles. The Bertz CT molecular complexity index is 989. The van der Waals surface area contributed by atoms with Gasteiger partial charge in [-0.25, -0.2) is 0 Å². The maximum absolute atomic E-state index is 10.9. The Kier molecular flexibility index (Phi) is 16.2. The fraction of sp³-hybridized carbons (Fsp3) is 0.227. The van der Waals surface area contributed by atoms with Gasteiger partial charge in [0.15, 0.2) is 7.34 Å². The van der Waals surface area contributed by atoms with E-state index in [4.69, 9.17) is 9.47 Å². The van der Waals surface area contributed by atoms with Crippen molar-refractivity contribution in [2.45, 2.75) is 28.7 Å². The van der Waals surface area contributed by atoms with E-state index >= 15 is 0 Å². The Balaban J connectivity index is 0.000000520. The van der Waals surface area contributed by atoms with Crippen LogP contribution in [0.15, 0.2) is 39.8 Å². The van der Waals surface area contributed by atoms with Gasteiger partial charge in [-0.15, -0.1) is 0 Å². The van der Waals surface area contributed by atoms with Gasteiger partial charge in [-0.05, 0) is 145 Å². The highest BCUT2D eigenvalue weighted by atomic mass is 80.0. The molecule has 0 unspecified atom stereocenters. The zero-order valence-electron chi connectivity index (χ0n) is 17.9. The summed E-state index contributed by atoms with van der Waals surface area (Å²) in [6, 6.07) is 10.8. The van der Waals surface area contributed by atoms with Crippen LogP contribution in [-0.4, -0.2) is 19.3 Å². The van der Waals surface area contributed by atoms with Gasteiger partial charge in [-0.2, -0.15) is 0 Å². The highest BCUT2D eigenvalue weighted by Gasteiger charge is 2.08. The molecule has 0 amide bonds. The van der Waals surface area contributed by atoms with Gasteiger partial charge in [0.25, 0.3) is 0 Å². The maximum Gasteiger partial charge on any atom is 0.308 e. The predicted octanol–water partition coefficient (Wildman–Crippen LogP) is 8.92. The summed E-state index contributed by atoms with van der Waals surface area (Å²) in [5, 5.41) is 0. The van der Waals surface area contributed by atoms with Crippen LogP contribution in [0.25, 0.3) is 6.08 Å². The van der Waals surface area contributed by atoms with Crippen LogP contribution in [0.1, 0.15) is 40.9 Å². The molecule has 5 nitrogen and oxygen atoms in total. The van der Waals surface area contributed by atoms with Gasteiger partial charge >= 0.3 is 11.9 Å². The smallest absolute Gasteiger partial charge is 0.308 e. The number of aryl methyl sites for hydroxylation is 2. The summed E-state index contributed by atoms with van der Waals surface area (Å²) >= 11 is 19.0. The lowest BCUT2D eigenvalue weighted by atomic mass is 10.1. The fourth-order valence-electron chi connectivity index (χ4n) is 2.10. The van der Waals surface area contributed by atoms with Crippen molar-refractivity contribution in [3.63, 3.8) is 0 Å². The minimum Gasteiger partial charge on any atom is -0.426 e. The molecular formula is C22H20Br6O5. The Hall–Kier alpha value is -0.330. The summed E-state index contributed by atoms with van der Waals surface area (Å²) < 4.78 is 10.5. The van der Waals surface area contributed by atoms with Crippen LogP contribution >= 0.6 is 95.6 Å². The van der Waals surface area contributed by atoms with E-state index in [1.807, 2.05) is 38.1 Å². The third-order valence-electron chi connectivity index (χ3n) is 3.24. The second-order valence-electron chi connectivity index (χ2n) is 6.25. The molecule has 0 atom stereocenters. The summed E-state index contributed by atoms with van der Waals surface area (Å²) in [7, 11) is 0. The minimum atomic E-state index is -0.422. The van der Waals surface area contributed by atoms with Gasteiger partial charge in [0, 0.05) is 19.4 Å². The molecule has 0 aliphatic rings. The van der Waals surface area contributed by atoms with Crippen LogP contribution in [0.2, 0.25) is 0 Å². The molecule has 2 aromatic rings. The maximum atomic E-state index is 10.9. The van der Waals surface area contributed by atoms with E-state index < -0.39 is 5.97 Å². The summed E-state index contributed by atoms with van der Waals surface area (Å²) in [4.78, 5) is 32.1. The number of ether oxygens (including phenoxy) is 2. The highest BCUT2D eigenvalue weighted by molar-refractivity contribution is 9.52. The van der Waals surface area contributed by atoms with E-state index in [9.17, 15) is 14.4 Å². The van der Waals surface area contributed by atoms with Crippen molar-refractivity contribution in [1.29, 1.82) is 0 Å². The first-order valence-electron chi connectivity index (χ1n) is 8.94. The van der Waals surface area contributed by atoms with Crippen LogP contribution in [0.5, 0.6) is 11.5 Å².